The van der Waals surface area contributed by atoms with Gasteiger partial charge in [0.2, 0.25) is 0 Å². The van der Waals surface area contributed by atoms with Crippen molar-refractivity contribution in [2.24, 2.45) is 0 Å². The Hall–Kier alpha value is -1.22. The number of nitrogens with zero attached hydrogens (tertiary/aromatic N) is 1. The van der Waals surface area contributed by atoms with Gasteiger partial charge in [0.05, 0.1) is 17.7 Å². The van der Waals surface area contributed by atoms with Crippen molar-refractivity contribution in [1.82, 2.24) is 4.90 Å². The molecule has 18 heavy (non-hydrogen) atoms. The molecule has 0 saturated carbocycles. The van der Waals surface area contributed by atoms with Crippen molar-refractivity contribution >= 4 is 17.5 Å². The van der Waals surface area contributed by atoms with Crippen LogP contribution in [0, 0.1) is 0 Å². The minimum absolute atomic E-state index is 0.00801. The molecule has 0 aromatic heterocycles. The van der Waals surface area contributed by atoms with E-state index in [9.17, 15) is 4.79 Å². The minimum Gasteiger partial charge on any atom is -0.497 e. The monoisotopic (exact) mass is 269 g/mol. The van der Waals surface area contributed by atoms with Crippen LogP contribution in [-0.4, -0.2) is 31.0 Å². The number of amides is 1. The molecule has 0 saturated heterocycles. The summed E-state index contributed by atoms with van der Waals surface area (Å²) in [5, 5.41) is 0.441. The largest absolute Gasteiger partial charge is 0.497 e. The Kier molecular flexibility index (Phi) is 5.99. The smallest absolute Gasteiger partial charge is 0.255 e. The van der Waals surface area contributed by atoms with Crippen molar-refractivity contribution < 1.29 is 9.53 Å². The molecule has 0 heterocycles. The van der Waals surface area contributed by atoms with Gasteiger partial charge in [0.15, 0.2) is 0 Å². The van der Waals surface area contributed by atoms with E-state index in [2.05, 4.69) is 13.8 Å². The molecule has 0 fully saturated rings. The molecule has 4 heteroatoms. The van der Waals surface area contributed by atoms with Gasteiger partial charge in [-0.05, 0) is 31.0 Å². The third kappa shape index (κ3) is 3.64. The second-order valence-corrected chi connectivity index (χ2v) is 4.55. The van der Waals surface area contributed by atoms with E-state index in [1.54, 1.807) is 25.3 Å². The van der Waals surface area contributed by atoms with Crippen molar-refractivity contribution in [3.8, 4) is 5.75 Å². The number of rotatable bonds is 6. The molecule has 1 aromatic rings. The Morgan fingerprint density at radius 1 is 1.28 bits per heavy atom. The standard InChI is InChI=1S/C14H20ClNO2/c1-4-8-16(9-5-2)14(17)12-7-6-11(18-3)10-13(12)15/h6-7,10H,4-5,8-9H2,1-3H3. The van der Waals surface area contributed by atoms with Crippen molar-refractivity contribution in [2.75, 3.05) is 20.2 Å². The van der Waals surface area contributed by atoms with Crippen LogP contribution >= 0.6 is 11.6 Å². The van der Waals surface area contributed by atoms with Crippen molar-refractivity contribution in [2.45, 2.75) is 26.7 Å². The lowest BCUT2D eigenvalue weighted by Gasteiger charge is -2.22. The van der Waals surface area contributed by atoms with Crippen LogP contribution in [0.25, 0.3) is 0 Å². The molecule has 100 valence electrons. The highest BCUT2D eigenvalue weighted by molar-refractivity contribution is 6.34. The van der Waals surface area contributed by atoms with Crippen LogP contribution < -0.4 is 4.74 Å². The summed E-state index contributed by atoms with van der Waals surface area (Å²) in [4.78, 5) is 14.2. The maximum Gasteiger partial charge on any atom is 0.255 e. The van der Waals surface area contributed by atoms with Crippen LogP contribution in [0.4, 0.5) is 0 Å². The number of halogens is 1. The van der Waals surface area contributed by atoms with E-state index in [1.165, 1.54) is 0 Å². The van der Waals surface area contributed by atoms with Crippen molar-refractivity contribution in [3.63, 3.8) is 0 Å². The first-order valence-electron chi connectivity index (χ1n) is 6.26. The average molecular weight is 270 g/mol. The van der Waals surface area contributed by atoms with Crippen LogP contribution in [0.3, 0.4) is 0 Å². The second kappa shape index (κ2) is 7.27. The highest BCUT2D eigenvalue weighted by atomic mass is 35.5. The molecule has 0 atom stereocenters. The first-order chi connectivity index (χ1) is 8.63. The first kappa shape index (κ1) is 14.8. The third-order valence-electron chi connectivity index (χ3n) is 2.68. The molecule has 0 aliphatic heterocycles. The molecule has 1 rings (SSSR count). The molecule has 0 aliphatic rings. The van der Waals surface area contributed by atoms with Gasteiger partial charge in [-0.25, -0.2) is 0 Å². The summed E-state index contributed by atoms with van der Waals surface area (Å²) in [7, 11) is 1.58. The lowest BCUT2D eigenvalue weighted by atomic mass is 10.1. The van der Waals surface area contributed by atoms with Gasteiger partial charge in [0.25, 0.3) is 5.91 Å². The SMILES string of the molecule is CCCN(CCC)C(=O)c1ccc(OC)cc1Cl. The molecule has 1 aromatic carbocycles. The van der Waals surface area contributed by atoms with Crippen LogP contribution in [0.2, 0.25) is 5.02 Å². The number of ether oxygens (including phenoxy) is 1. The van der Waals surface area contributed by atoms with Gasteiger partial charge in [0, 0.05) is 13.1 Å². The molecule has 1 amide bonds. The zero-order valence-corrected chi connectivity index (χ0v) is 12.0. The van der Waals surface area contributed by atoms with Gasteiger partial charge in [-0.1, -0.05) is 25.4 Å². The van der Waals surface area contributed by atoms with Gasteiger partial charge in [-0.2, -0.15) is 0 Å². The normalized spacial score (nSPS) is 10.2. The summed E-state index contributed by atoms with van der Waals surface area (Å²) in [6, 6.07) is 5.15. The number of hydrogen-bond acceptors (Lipinski definition) is 2. The van der Waals surface area contributed by atoms with Crippen molar-refractivity contribution in [3.05, 3.63) is 28.8 Å². The Morgan fingerprint density at radius 3 is 2.33 bits per heavy atom. The molecular weight excluding hydrogens is 250 g/mol. The molecule has 0 radical (unpaired) electrons. The Bertz CT molecular complexity index is 401. The highest BCUT2D eigenvalue weighted by Gasteiger charge is 2.17. The first-order valence-corrected chi connectivity index (χ1v) is 6.64. The average Bonchev–Trinajstić information content (AvgIpc) is 2.37. The maximum absolute atomic E-state index is 12.3. The predicted molar refractivity (Wildman–Crippen MR) is 74.5 cm³/mol. The zero-order valence-electron chi connectivity index (χ0n) is 11.2. The fourth-order valence-electron chi connectivity index (χ4n) is 1.82. The lowest BCUT2D eigenvalue weighted by Crippen LogP contribution is -2.32. The van der Waals surface area contributed by atoms with Gasteiger partial charge in [-0.15, -0.1) is 0 Å². The van der Waals surface area contributed by atoms with E-state index >= 15 is 0 Å². The lowest BCUT2D eigenvalue weighted by molar-refractivity contribution is 0.0755. The summed E-state index contributed by atoms with van der Waals surface area (Å²) in [6.45, 7) is 5.64. The van der Waals surface area contributed by atoms with Crippen LogP contribution in [0.15, 0.2) is 18.2 Å². The molecule has 0 unspecified atom stereocenters. The third-order valence-corrected chi connectivity index (χ3v) is 2.99. The minimum atomic E-state index is -0.00801. The zero-order chi connectivity index (χ0) is 13.5. The predicted octanol–water partition coefficient (Wildman–Crippen LogP) is 3.61. The van der Waals surface area contributed by atoms with Crippen LogP contribution in [0.5, 0.6) is 5.75 Å². The molecule has 0 N–H and O–H groups in total. The fourth-order valence-corrected chi connectivity index (χ4v) is 2.07. The summed E-state index contributed by atoms with van der Waals surface area (Å²) >= 11 is 6.12. The summed E-state index contributed by atoms with van der Waals surface area (Å²) < 4.78 is 5.08. The number of hydrogen-bond donors (Lipinski definition) is 0. The number of carbonyl (C=O) groups is 1. The van der Waals surface area contributed by atoms with E-state index in [0.717, 1.165) is 25.9 Å². The van der Waals surface area contributed by atoms with Crippen LogP contribution in [0.1, 0.15) is 37.0 Å². The molecule has 0 spiro atoms. The van der Waals surface area contributed by atoms with E-state index in [0.29, 0.717) is 16.3 Å². The van der Waals surface area contributed by atoms with E-state index < -0.39 is 0 Å². The Balaban J connectivity index is 2.93. The summed E-state index contributed by atoms with van der Waals surface area (Å²) in [5.74, 6) is 0.653. The number of carbonyl (C=O) groups excluding carboxylic acids is 1. The molecule has 3 nitrogen and oxygen atoms in total. The van der Waals surface area contributed by atoms with Gasteiger partial charge in [0.1, 0.15) is 5.75 Å². The van der Waals surface area contributed by atoms with Gasteiger partial charge in [-0.3, -0.25) is 4.79 Å². The Morgan fingerprint density at radius 2 is 1.89 bits per heavy atom. The molecule has 0 bridgehead atoms. The van der Waals surface area contributed by atoms with Crippen molar-refractivity contribution in [1.29, 1.82) is 0 Å². The van der Waals surface area contributed by atoms with E-state index in [4.69, 9.17) is 16.3 Å². The highest BCUT2D eigenvalue weighted by Crippen LogP contribution is 2.23. The number of methoxy groups -OCH3 is 1. The van der Waals surface area contributed by atoms with Crippen LogP contribution in [-0.2, 0) is 0 Å². The quantitative estimate of drug-likeness (QED) is 0.790. The fraction of sp³-hybridized carbons (Fsp3) is 0.500. The molecular formula is C14H20ClNO2. The second-order valence-electron chi connectivity index (χ2n) is 4.14. The maximum atomic E-state index is 12.3. The number of benzene rings is 1. The summed E-state index contributed by atoms with van der Waals surface area (Å²) in [5.41, 5.74) is 0.541. The molecule has 0 aliphatic carbocycles. The van der Waals surface area contributed by atoms with E-state index in [1.807, 2.05) is 4.90 Å². The van der Waals surface area contributed by atoms with Gasteiger partial charge >= 0.3 is 0 Å². The Labute approximate surface area is 114 Å². The summed E-state index contributed by atoms with van der Waals surface area (Å²) in [6.07, 6.45) is 1.89. The van der Waals surface area contributed by atoms with Gasteiger partial charge < -0.3 is 9.64 Å². The van der Waals surface area contributed by atoms with E-state index in [-0.39, 0.29) is 5.91 Å². The topological polar surface area (TPSA) is 29.5 Å².